The number of halogens is 1. The zero-order valence-corrected chi connectivity index (χ0v) is 7.10. The first-order valence-corrected chi connectivity index (χ1v) is 4.04. The van der Waals surface area contributed by atoms with Crippen molar-refractivity contribution in [2.24, 2.45) is 0 Å². The second kappa shape index (κ2) is 2.73. The van der Waals surface area contributed by atoms with E-state index in [0.29, 0.717) is 5.69 Å². The fraction of sp³-hybridized carbons (Fsp3) is 0.222. The van der Waals surface area contributed by atoms with Crippen LogP contribution in [0.15, 0.2) is 18.2 Å². The molecule has 2 N–H and O–H groups in total. The minimum Gasteiger partial charge on any atom is -0.331 e. The number of carbonyl (C=O) groups excluding carboxylic acids is 1. The first-order valence-electron chi connectivity index (χ1n) is 4.04. The van der Waals surface area contributed by atoms with Crippen molar-refractivity contribution in [2.75, 3.05) is 5.32 Å². The van der Waals surface area contributed by atoms with Gasteiger partial charge in [-0.15, -0.1) is 0 Å². The lowest BCUT2D eigenvalue weighted by Crippen LogP contribution is -2.36. The monoisotopic (exact) mass is 180 g/mol. The summed E-state index contributed by atoms with van der Waals surface area (Å²) in [6.07, 6.45) is 0. The molecular formula is C9H9FN2O. The summed E-state index contributed by atoms with van der Waals surface area (Å²) in [6.45, 7) is 1.86. The predicted octanol–water partition coefficient (Wildman–Crippen LogP) is 2.02. The number of fused-ring (bicyclic) bond motifs is 1. The first kappa shape index (κ1) is 8.04. The van der Waals surface area contributed by atoms with Crippen molar-refractivity contribution in [3.8, 4) is 0 Å². The number of hydrogen-bond acceptors (Lipinski definition) is 1. The van der Waals surface area contributed by atoms with Crippen molar-refractivity contribution in [2.45, 2.75) is 13.0 Å². The van der Waals surface area contributed by atoms with Crippen LogP contribution in [0.3, 0.4) is 0 Å². The van der Waals surface area contributed by atoms with Gasteiger partial charge in [0.2, 0.25) is 0 Å². The average Bonchev–Trinajstić information content (AvgIpc) is 2.02. The van der Waals surface area contributed by atoms with Gasteiger partial charge in [0.1, 0.15) is 5.82 Å². The van der Waals surface area contributed by atoms with Crippen molar-refractivity contribution >= 4 is 11.7 Å². The summed E-state index contributed by atoms with van der Waals surface area (Å²) in [6, 6.07) is 4.02. The molecule has 4 heteroatoms. The molecule has 1 atom stereocenters. The molecule has 0 radical (unpaired) electrons. The first-order chi connectivity index (χ1) is 6.16. The third-order valence-corrected chi connectivity index (χ3v) is 2.08. The van der Waals surface area contributed by atoms with Gasteiger partial charge in [-0.05, 0) is 24.6 Å². The van der Waals surface area contributed by atoms with E-state index in [0.717, 1.165) is 5.56 Å². The third-order valence-electron chi connectivity index (χ3n) is 2.08. The summed E-state index contributed by atoms with van der Waals surface area (Å²) in [5.74, 6) is -0.340. The van der Waals surface area contributed by atoms with Gasteiger partial charge in [-0.2, -0.15) is 0 Å². The van der Waals surface area contributed by atoms with Crippen LogP contribution in [-0.4, -0.2) is 6.03 Å². The van der Waals surface area contributed by atoms with Crippen molar-refractivity contribution in [3.05, 3.63) is 29.6 Å². The predicted molar refractivity (Wildman–Crippen MR) is 47.0 cm³/mol. The molecule has 13 heavy (non-hydrogen) atoms. The maximum atomic E-state index is 12.8. The Morgan fingerprint density at radius 3 is 3.00 bits per heavy atom. The van der Waals surface area contributed by atoms with Gasteiger partial charge < -0.3 is 10.6 Å². The summed E-state index contributed by atoms with van der Waals surface area (Å²) in [4.78, 5) is 11.0. The molecule has 0 saturated heterocycles. The quantitative estimate of drug-likeness (QED) is 0.630. The Hall–Kier alpha value is -1.58. The molecular weight excluding hydrogens is 171 g/mol. The largest absolute Gasteiger partial charge is 0.331 e. The van der Waals surface area contributed by atoms with Crippen LogP contribution in [0.2, 0.25) is 0 Å². The second-order valence-electron chi connectivity index (χ2n) is 3.05. The Morgan fingerprint density at radius 2 is 2.23 bits per heavy atom. The number of amides is 2. The van der Waals surface area contributed by atoms with E-state index < -0.39 is 0 Å². The summed E-state index contributed by atoms with van der Waals surface area (Å²) < 4.78 is 12.8. The van der Waals surface area contributed by atoms with E-state index in [2.05, 4.69) is 10.6 Å². The van der Waals surface area contributed by atoms with Gasteiger partial charge in [0.25, 0.3) is 0 Å². The number of rotatable bonds is 0. The molecule has 2 rings (SSSR count). The lowest BCUT2D eigenvalue weighted by molar-refractivity contribution is 0.248. The highest BCUT2D eigenvalue weighted by Crippen LogP contribution is 2.26. The molecule has 1 aliphatic rings. The average molecular weight is 180 g/mol. The van der Waals surface area contributed by atoms with E-state index in [1.807, 2.05) is 6.92 Å². The molecule has 0 saturated carbocycles. The molecule has 0 aromatic heterocycles. The van der Waals surface area contributed by atoms with E-state index in [1.165, 1.54) is 12.1 Å². The van der Waals surface area contributed by atoms with Crippen molar-refractivity contribution in [3.63, 3.8) is 0 Å². The molecule has 1 aromatic carbocycles. The highest BCUT2D eigenvalue weighted by molar-refractivity contribution is 5.92. The molecule has 68 valence electrons. The molecule has 0 bridgehead atoms. The Morgan fingerprint density at radius 1 is 1.46 bits per heavy atom. The van der Waals surface area contributed by atoms with Crippen molar-refractivity contribution in [1.29, 1.82) is 0 Å². The second-order valence-corrected chi connectivity index (χ2v) is 3.05. The van der Waals surface area contributed by atoms with Gasteiger partial charge in [-0.3, -0.25) is 0 Å². The Balaban J connectivity index is 2.49. The zero-order valence-electron chi connectivity index (χ0n) is 7.10. The maximum Gasteiger partial charge on any atom is 0.319 e. The normalized spacial score (nSPS) is 20.2. The van der Waals surface area contributed by atoms with Gasteiger partial charge in [0.05, 0.1) is 11.7 Å². The SMILES string of the molecule is CC1NC(=O)Nc2cc(F)ccc21. The summed E-state index contributed by atoms with van der Waals surface area (Å²) >= 11 is 0. The number of carbonyl (C=O) groups is 1. The maximum absolute atomic E-state index is 12.8. The molecule has 1 aromatic rings. The lowest BCUT2D eigenvalue weighted by atomic mass is 10.0. The van der Waals surface area contributed by atoms with Gasteiger partial charge in [-0.1, -0.05) is 6.07 Å². The van der Waals surface area contributed by atoms with Gasteiger partial charge in [0.15, 0.2) is 0 Å². The van der Waals surface area contributed by atoms with Crippen LogP contribution in [-0.2, 0) is 0 Å². The minimum absolute atomic E-state index is 0.0654. The smallest absolute Gasteiger partial charge is 0.319 e. The molecule has 3 nitrogen and oxygen atoms in total. The number of hydrogen-bond donors (Lipinski definition) is 2. The van der Waals surface area contributed by atoms with E-state index in [1.54, 1.807) is 6.07 Å². The Bertz CT molecular complexity index is 365. The molecule has 2 amide bonds. The fourth-order valence-electron chi connectivity index (χ4n) is 1.45. The summed E-state index contributed by atoms with van der Waals surface area (Å²) in [5.41, 5.74) is 1.46. The van der Waals surface area contributed by atoms with Crippen LogP contribution in [0.1, 0.15) is 18.5 Å². The Kier molecular flexibility index (Phi) is 1.69. The van der Waals surface area contributed by atoms with Gasteiger partial charge in [-0.25, -0.2) is 9.18 Å². The van der Waals surface area contributed by atoms with Crippen LogP contribution < -0.4 is 10.6 Å². The van der Waals surface area contributed by atoms with Crippen molar-refractivity contribution in [1.82, 2.24) is 5.32 Å². The zero-order chi connectivity index (χ0) is 9.42. The number of anilines is 1. The fourth-order valence-corrected chi connectivity index (χ4v) is 1.45. The molecule has 1 unspecified atom stereocenters. The van der Waals surface area contributed by atoms with E-state index in [-0.39, 0.29) is 17.9 Å². The van der Waals surface area contributed by atoms with Crippen LogP contribution >= 0.6 is 0 Å². The highest BCUT2D eigenvalue weighted by atomic mass is 19.1. The van der Waals surface area contributed by atoms with Crippen LogP contribution in [0.25, 0.3) is 0 Å². The summed E-state index contributed by atoms with van der Waals surface area (Å²) in [7, 11) is 0. The van der Waals surface area contributed by atoms with Crippen LogP contribution in [0, 0.1) is 5.82 Å². The molecule has 0 spiro atoms. The molecule has 1 aliphatic heterocycles. The topological polar surface area (TPSA) is 41.1 Å². The number of urea groups is 1. The number of benzene rings is 1. The van der Waals surface area contributed by atoms with Crippen LogP contribution in [0.5, 0.6) is 0 Å². The van der Waals surface area contributed by atoms with Gasteiger partial charge in [0, 0.05) is 0 Å². The van der Waals surface area contributed by atoms with E-state index >= 15 is 0 Å². The van der Waals surface area contributed by atoms with Gasteiger partial charge >= 0.3 is 6.03 Å². The van der Waals surface area contributed by atoms with E-state index in [9.17, 15) is 9.18 Å². The summed E-state index contributed by atoms with van der Waals surface area (Å²) in [5, 5.41) is 5.22. The van der Waals surface area contributed by atoms with E-state index in [4.69, 9.17) is 0 Å². The molecule has 0 aliphatic carbocycles. The molecule has 1 heterocycles. The molecule has 0 fully saturated rings. The lowest BCUT2D eigenvalue weighted by Gasteiger charge is -2.24. The standard InChI is InChI=1S/C9H9FN2O/c1-5-7-3-2-6(10)4-8(7)12-9(13)11-5/h2-5H,1H3,(H2,11,12,13). The highest BCUT2D eigenvalue weighted by Gasteiger charge is 2.20. The number of nitrogens with one attached hydrogen (secondary N) is 2. The third kappa shape index (κ3) is 1.35. The minimum atomic E-state index is -0.340. The van der Waals surface area contributed by atoms with Crippen molar-refractivity contribution < 1.29 is 9.18 Å². The Labute approximate surface area is 74.9 Å². The van der Waals surface area contributed by atoms with Crippen LogP contribution in [0.4, 0.5) is 14.9 Å².